The van der Waals surface area contributed by atoms with Gasteiger partial charge in [-0.05, 0) is 30.2 Å². The van der Waals surface area contributed by atoms with Gasteiger partial charge in [-0.25, -0.2) is 4.98 Å². The molecule has 9 nitrogen and oxygen atoms in total. The molecule has 1 aliphatic carbocycles. The summed E-state index contributed by atoms with van der Waals surface area (Å²) >= 11 is 0. The Morgan fingerprint density at radius 1 is 1.10 bits per heavy atom. The maximum atomic E-state index is 13.6. The van der Waals surface area contributed by atoms with Gasteiger partial charge in [0, 0.05) is 56.0 Å². The number of ketones is 1. The quantitative estimate of drug-likeness (QED) is 0.516. The summed E-state index contributed by atoms with van der Waals surface area (Å²) in [6, 6.07) is 7.40. The van der Waals surface area contributed by atoms with Gasteiger partial charge in [0.2, 0.25) is 0 Å². The Morgan fingerprint density at radius 2 is 1.92 bits per heavy atom. The van der Waals surface area contributed by atoms with Crippen LogP contribution < -0.4 is 20.0 Å². The van der Waals surface area contributed by atoms with Crippen LogP contribution >= 0.6 is 0 Å². The Morgan fingerprint density at radius 3 is 2.64 bits per heavy atom. The van der Waals surface area contributed by atoms with Crippen LogP contribution in [0.4, 0.5) is 0 Å². The lowest BCUT2D eigenvalue weighted by Gasteiger charge is -2.44. The number of fused-ring (bicyclic) bond motifs is 2. The third-order valence-electron chi connectivity index (χ3n) is 7.73. The van der Waals surface area contributed by atoms with E-state index < -0.39 is 5.60 Å². The lowest BCUT2D eigenvalue weighted by molar-refractivity contribution is -0.00585. The van der Waals surface area contributed by atoms with Gasteiger partial charge in [0.05, 0.1) is 32.4 Å². The predicted octanol–water partition coefficient (Wildman–Crippen LogP) is 2.63. The lowest BCUT2D eigenvalue weighted by atomic mass is 9.82. The Labute approximate surface area is 226 Å². The van der Waals surface area contributed by atoms with Crippen LogP contribution in [0.15, 0.2) is 48.8 Å². The molecule has 0 bridgehead atoms. The number of benzene rings is 1. The van der Waals surface area contributed by atoms with E-state index >= 15 is 0 Å². The van der Waals surface area contributed by atoms with Crippen molar-refractivity contribution in [2.45, 2.75) is 31.3 Å². The molecule has 39 heavy (non-hydrogen) atoms. The highest BCUT2D eigenvalue weighted by molar-refractivity contribution is 6.01. The normalized spacial score (nSPS) is 17.6. The van der Waals surface area contributed by atoms with E-state index in [0.29, 0.717) is 66.2 Å². The molecule has 0 radical (unpaired) electrons. The van der Waals surface area contributed by atoms with E-state index in [1.807, 2.05) is 49.7 Å². The van der Waals surface area contributed by atoms with Crippen molar-refractivity contribution in [2.75, 3.05) is 27.3 Å². The van der Waals surface area contributed by atoms with Gasteiger partial charge in [-0.2, -0.15) is 5.10 Å². The highest BCUT2D eigenvalue weighted by Crippen LogP contribution is 2.41. The molecule has 1 saturated heterocycles. The molecule has 1 amide bonds. The van der Waals surface area contributed by atoms with Crippen LogP contribution in [0.5, 0.6) is 11.5 Å². The molecule has 4 heterocycles. The van der Waals surface area contributed by atoms with Crippen molar-refractivity contribution in [3.05, 3.63) is 70.6 Å². The van der Waals surface area contributed by atoms with Gasteiger partial charge in [-0.3, -0.25) is 14.3 Å². The van der Waals surface area contributed by atoms with E-state index in [2.05, 4.69) is 10.1 Å². The number of Topliss-reactive ketones (excluding diaryl/α,β-unsaturated/α-hetero) is 1. The van der Waals surface area contributed by atoms with Crippen LogP contribution in [0, 0.1) is 0 Å². The van der Waals surface area contributed by atoms with E-state index in [4.69, 9.17) is 14.2 Å². The number of allylic oxidation sites excluding steroid dienone is 1. The highest BCUT2D eigenvalue weighted by atomic mass is 16.5. The molecule has 1 aromatic carbocycles. The van der Waals surface area contributed by atoms with Crippen LogP contribution in [0.1, 0.15) is 46.5 Å². The van der Waals surface area contributed by atoms with Gasteiger partial charge < -0.3 is 19.1 Å². The molecule has 0 unspecified atom stereocenters. The summed E-state index contributed by atoms with van der Waals surface area (Å²) in [5.41, 5.74) is 2.16. The summed E-state index contributed by atoms with van der Waals surface area (Å²) in [7, 11) is 5.04. The van der Waals surface area contributed by atoms with E-state index in [1.54, 1.807) is 36.1 Å². The van der Waals surface area contributed by atoms with Gasteiger partial charge in [0.1, 0.15) is 33.9 Å². The number of rotatable bonds is 4. The molecule has 3 aromatic rings. The summed E-state index contributed by atoms with van der Waals surface area (Å²) in [5.74, 6) is 1.65. The summed E-state index contributed by atoms with van der Waals surface area (Å²) in [4.78, 5) is 33.3. The molecule has 3 aliphatic rings. The van der Waals surface area contributed by atoms with Crippen molar-refractivity contribution in [1.29, 1.82) is 0 Å². The van der Waals surface area contributed by atoms with Crippen LogP contribution in [0.3, 0.4) is 0 Å². The number of carbonyl (C=O) groups is 2. The standard InChI is InChI=1S/C30H30N4O5/c1-33-18-20(17-31-33)19-8-9-25-22(14-19)24(35)16-30(39-25)10-12-34(13-11-30)29(36)23-15-27(38-3)21-6-4-5-7-26(37-2)28(21)32-23/h5-9,14-15,17-18H,4,10-13,16H2,1-3H3. The van der Waals surface area contributed by atoms with Crippen LogP contribution in [-0.4, -0.2) is 64.3 Å². The third-order valence-corrected chi connectivity index (χ3v) is 7.73. The number of aromatic nitrogens is 3. The molecule has 1 spiro atoms. The molecule has 0 N–H and O–H groups in total. The minimum Gasteiger partial charge on any atom is -0.496 e. The minimum absolute atomic E-state index is 0.0610. The smallest absolute Gasteiger partial charge is 0.272 e. The number of methoxy groups -OCH3 is 2. The minimum atomic E-state index is -0.619. The summed E-state index contributed by atoms with van der Waals surface area (Å²) in [6.07, 6.45) is 11.7. The van der Waals surface area contributed by atoms with Crippen LogP contribution in [-0.2, 0) is 11.8 Å². The van der Waals surface area contributed by atoms with Crippen molar-refractivity contribution in [3.8, 4) is 22.6 Å². The van der Waals surface area contributed by atoms with Gasteiger partial charge >= 0.3 is 0 Å². The molecular formula is C30H30N4O5. The number of piperidine rings is 1. The number of pyridine rings is 1. The highest BCUT2D eigenvalue weighted by Gasteiger charge is 2.44. The number of hydrogen-bond donors (Lipinski definition) is 0. The molecule has 1 fully saturated rings. The first-order valence-electron chi connectivity index (χ1n) is 13.0. The number of aryl methyl sites for hydroxylation is 1. The Hall–Kier alpha value is -4.40. The molecule has 200 valence electrons. The Kier molecular flexibility index (Phi) is 6.21. The van der Waals surface area contributed by atoms with Gasteiger partial charge in [-0.1, -0.05) is 18.2 Å². The van der Waals surface area contributed by atoms with E-state index in [-0.39, 0.29) is 18.1 Å². The van der Waals surface area contributed by atoms with Gasteiger partial charge in [0.25, 0.3) is 5.91 Å². The first-order chi connectivity index (χ1) is 18.9. The van der Waals surface area contributed by atoms with Crippen molar-refractivity contribution in [3.63, 3.8) is 0 Å². The van der Waals surface area contributed by atoms with Crippen molar-refractivity contribution >= 4 is 23.5 Å². The molecule has 9 heteroatoms. The van der Waals surface area contributed by atoms with E-state index in [0.717, 1.165) is 16.3 Å². The largest absolute Gasteiger partial charge is 0.496 e. The average Bonchev–Trinajstić information content (AvgIpc) is 3.27. The van der Waals surface area contributed by atoms with Crippen molar-refractivity contribution in [2.24, 2.45) is 7.05 Å². The number of amides is 1. The SMILES string of the molecule is COC1=c2nc(C(=O)N3CCC4(CC3)CC(=O)c3cc(-c5cnn(C)c5)ccc3O4)cc(OC)c2=CCC=C1. The second kappa shape index (κ2) is 9.72. The van der Waals surface area contributed by atoms with Crippen molar-refractivity contribution < 1.29 is 23.8 Å². The summed E-state index contributed by atoms with van der Waals surface area (Å²) in [6.45, 7) is 0.923. The third kappa shape index (κ3) is 4.47. The number of carbonyl (C=O) groups excluding carboxylic acids is 2. The van der Waals surface area contributed by atoms with Gasteiger partial charge in [0.15, 0.2) is 5.78 Å². The van der Waals surface area contributed by atoms with E-state index in [1.165, 1.54) is 0 Å². The average molecular weight is 527 g/mol. The van der Waals surface area contributed by atoms with Crippen LogP contribution in [0.25, 0.3) is 23.0 Å². The lowest BCUT2D eigenvalue weighted by Crippen LogP contribution is -2.52. The maximum Gasteiger partial charge on any atom is 0.272 e. The molecule has 2 aromatic heterocycles. The van der Waals surface area contributed by atoms with Crippen LogP contribution in [0.2, 0.25) is 0 Å². The van der Waals surface area contributed by atoms with E-state index in [9.17, 15) is 9.59 Å². The monoisotopic (exact) mass is 526 g/mol. The fourth-order valence-corrected chi connectivity index (χ4v) is 5.60. The number of likely N-dealkylation sites (tertiary alicyclic amines) is 1. The fourth-order valence-electron chi connectivity index (χ4n) is 5.60. The molecule has 0 saturated carbocycles. The first-order valence-corrected chi connectivity index (χ1v) is 13.0. The second-order valence-corrected chi connectivity index (χ2v) is 10.2. The molecule has 2 aliphatic heterocycles. The zero-order chi connectivity index (χ0) is 27.1. The molecular weight excluding hydrogens is 496 g/mol. The Balaban J connectivity index is 1.22. The maximum absolute atomic E-state index is 13.6. The predicted molar refractivity (Wildman–Crippen MR) is 145 cm³/mol. The summed E-state index contributed by atoms with van der Waals surface area (Å²) < 4.78 is 19.4. The molecule has 6 rings (SSSR count). The Bertz CT molecular complexity index is 1630. The summed E-state index contributed by atoms with van der Waals surface area (Å²) in [5, 5.41) is 5.63. The zero-order valence-corrected chi connectivity index (χ0v) is 22.3. The number of ether oxygens (including phenoxy) is 3. The number of nitrogens with zero attached hydrogens (tertiary/aromatic N) is 4. The van der Waals surface area contributed by atoms with Crippen molar-refractivity contribution in [1.82, 2.24) is 19.7 Å². The first kappa shape index (κ1) is 24.9. The zero-order valence-electron chi connectivity index (χ0n) is 22.3. The second-order valence-electron chi connectivity index (χ2n) is 10.2. The fraction of sp³-hybridized carbons (Fsp3) is 0.333. The van der Waals surface area contributed by atoms with Gasteiger partial charge in [-0.15, -0.1) is 0 Å². The molecule has 0 atom stereocenters. The topological polar surface area (TPSA) is 95.8 Å². The number of hydrogen-bond acceptors (Lipinski definition) is 7.